The third-order valence-corrected chi connectivity index (χ3v) is 3.25. The van der Waals surface area contributed by atoms with Gasteiger partial charge < -0.3 is 4.90 Å². The number of aromatic nitrogens is 2. The summed E-state index contributed by atoms with van der Waals surface area (Å²) in [4.78, 5) is 11.0. The Hall–Kier alpha value is -0.640. The number of hydrogen-bond donors (Lipinski definition) is 0. The molecule has 0 N–H and O–H groups in total. The summed E-state index contributed by atoms with van der Waals surface area (Å²) in [7, 11) is 0. The zero-order chi connectivity index (χ0) is 10.7. The van der Waals surface area contributed by atoms with E-state index < -0.39 is 0 Å². The predicted molar refractivity (Wildman–Crippen MR) is 65.5 cm³/mol. The van der Waals surface area contributed by atoms with E-state index in [2.05, 4.69) is 30.8 Å². The lowest BCUT2D eigenvalue weighted by molar-refractivity contribution is 0.389. The van der Waals surface area contributed by atoms with Crippen LogP contribution in [0.4, 0.5) is 5.82 Å². The van der Waals surface area contributed by atoms with Gasteiger partial charge in [-0.3, -0.25) is 0 Å². The van der Waals surface area contributed by atoms with E-state index in [1.807, 2.05) is 19.2 Å². The Bertz CT molecular complexity index is 325. The largest absolute Gasteiger partial charge is 0.353 e. The summed E-state index contributed by atoms with van der Waals surface area (Å²) >= 11 is 3.50. The highest BCUT2D eigenvalue weighted by Crippen LogP contribution is 2.28. The molecule has 0 aromatic carbocycles. The van der Waals surface area contributed by atoms with Crippen molar-refractivity contribution in [1.82, 2.24) is 9.97 Å². The second-order valence-electron chi connectivity index (χ2n) is 3.93. The molecule has 0 unspecified atom stereocenters. The highest BCUT2D eigenvalue weighted by molar-refractivity contribution is 9.09. The fourth-order valence-electron chi connectivity index (χ4n) is 1.88. The number of rotatable bonds is 4. The lowest BCUT2D eigenvalue weighted by atomic mass is 9.91. The maximum absolute atomic E-state index is 4.49. The molecule has 0 radical (unpaired) electrons. The third-order valence-electron chi connectivity index (χ3n) is 2.90. The van der Waals surface area contributed by atoms with Crippen molar-refractivity contribution in [2.24, 2.45) is 0 Å². The van der Waals surface area contributed by atoms with Gasteiger partial charge in [0.05, 0.1) is 0 Å². The summed E-state index contributed by atoms with van der Waals surface area (Å²) in [6, 6.07) is 2.70. The summed E-state index contributed by atoms with van der Waals surface area (Å²) in [6.45, 7) is 2.97. The van der Waals surface area contributed by atoms with Crippen molar-refractivity contribution in [2.45, 2.75) is 32.2 Å². The van der Waals surface area contributed by atoms with Crippen molar-refractivity contribution in [2.75, 3.05) is 16.8 Å². The van der Waals surface area contributed by atoms with Crippen LogP contribution in [0.5, 0.6) is 0 Å². The van der Waals surface area contributed by atoms with Crippen LogP contribution in [0.25, 0.3) is 0 Å². The van der Waals surface area contributed by atoms with Crippen LogP contribution in [-0.2, 0) is 0 Å². The van der Waals surface area contributed by atoms with Gasteiger partial charge in [0.2, 0.25) is 0 Å². The number of halogens is 1. The van der Waals surface area contributed by atoms with Crippen LogP contribution < -0.4 is 4.90 Å². The lowest BCUT2D eigenvalue weighted by Gasteiger charge is -2.38. The molecule has 1 aliphatic rings. The molecular weight excluding hydrogens is 254 g/mol. The molecule has 0 saturated heterocycles. The minimum absolute atomic E-state index is 0.692. The summed E-state index contributed by atoms with van der Waals surface area (Å²) < 4.78 is 0. The first-order chi connectivity index (χ1) is 7.31. The van der Waals surface area contributed by atoms with Gasteiger partial charge in [0.1, 0.15) is 11.6 Å². The van der Waals surface area contributed by atoms with Crippen LogP contribution in [0.1, 0.15) is 25.1 Å². The fraction of sp³-hybridized carbons (Fsp3) is 0.636. The zero-order valence-corrected chi connectivity index (χ0v) is 10.6. The van der Waals surface area contributed by atoms with Gasteiger partial charge in [-0.25, -0.2) is 9.97 Å². The highest BCUT2D eigenvalue weighted by Gasteiger charge is 2.25. The molecule has 1 heterocycles. The number of aryl methyl sites for hydroxylation is 1. The lowest BCUT2D eigenvalue weighted by Crippen LogP contribution is -2.42. The molecule has 0 bridgehead atoms. The Morgan fingerprint density at radius 1 is 1.53 bits per heavy atom. The number of anilines is 1. The standard InChI is InChI=1S/C11H16BrN3/c1-9-13-7-5-11(14-9)15(8-6-12)10-3-2-4-10/h5,7,10H,2-4,6,8H2,1H3. The van der Waals surface area contributed by atoms with Crippen LogP contribution >= 0.6 is 15.9 Å². The second-order valence-corrected chi connectivity index (χ2v) is 4.72. The molecule has 1 saturated carbocycles. The van der Waals surface area contributed by atoms with Gasteiger partial charge >= 0.3 is 0 Å². The monoisotopic (exact) mass is 269 g/mol. The third kappa shape index (κ3) is 2.48. The first-order valence-electron chi connectivity index (χ1n) is 5.43. The van der Waals surface area contributed by atoms with Crippen molar-refractivity contribution in [3.63, 3.8) is 0 Å². The van der Waals surface area contributed by atoms with Gasteiger partial charge in [-0.15, -0.1) is 0 Å². The Morgan fingerprint density at radius 2 is 2.33 bits per heavy atom. The Kier molecular flexibility index (Phi) is 3.57. The topological polar surface area (TPSA) is 29.0 Å². The van der Waals surface area contributed by atoms with E-state index in [0.717, 1.165) is 23.5 Å². The van der Waals surface area contributed by atoms with Crippen LogP contribution in [0.3, 0.4) is 0 Å². The molecule has 82 valence electrons. The molecule has 2 rings (SSSR count). The van der Waals surface area contributed by atoms with Gasteiger partial charge in [0.15, 0.2) is 0 Å². The highest BCUT2D eigenvalue weighted by atomic mass is 79.9. The quantitative estimate of drug-likeness (QED) is 0.787. The SMILES string of the molecule is Cc1nccc(N(CCBr)C2CCC2)n1. The van der Waals surface area contributed by atoms with Crippen molar-refractivity contribution in [3.05, 3.63) is 18.1 Å². The molecule has 1 aliphatic carbocycles. The molecule has 0 spiro atoms. The van der Waals surface area contributed by atoms with E-state index in [4.69, 9.17) is 0 Å². The van der Waals surface area contributed by atoms with Gasteiger partial charge in [0, 0.05) is 24.1 Å². The Balaban J connectivity index is 2.15. The van der Waals surface area contributed by atoms with Crippen LogP contribution in [0.15, 0.2) is 12.3 Å². The van der Waals surface area contributed by atoms with Crippen molar-refractivity contribution in [3.8, 4) is 0 Å². The van der Waals surface area contributed by atoms with Gasteiger partial charge in [0.25, 0.3) is 0 Å². The predicted octanol–water partition coefficient (Wildman–Crippen LogP) is 2.54. The fourth-order valence-corrected chi connectivity index (χ4v) is 2.26. The van der Waals surface area contributed by atoms with Crippen LogP contribution in [-0.4, -0.2) is 27.9 Å². The van der Waals surface area contributed by atoms with Crippen molar-refractivity contribution < 1.29 is 0 Å². The number of alkyl halides is 1. The molecule has 1 fully saturated rings. The van der Waals surface area contributed by atoms with Crippen LogP contribution in [0, 0.1) is 6.92 Å². The first kappa shape index (κ1) is 10.9. The van der Waals surface area contributed by atoms with E-state index in [1.165, 1.54) is 19.3 Å². The Morgan fingerprint density at radius 3 is 2.87 bits per heavy atom. The second kappa shape index (κ2) is 4.92. The molecule has 1 aromatic rings. The van der Waals surface area contributed by atoms with Crippen molar-refractivity contribution >= 4 is 21.7 Å². The van der Waals surface area contributed by atoms with E-state index in [1.54, 1.807) is 0 Å². The van der Waals surface area contributed by atoms with E-state index >= 15 is 0 Å². The van der Waals surface area contributed by atoms with Gasteiger partial charge in [-0.1, -0.05) is 15.9 Å². The summed E-state index contributed by atoms with van der Waals surface area (Å²) in [5.74, 6) is 1.93. The van der Waals surface area contributed by atoms with E-state index in [9.17, 15) is 0 Å². The van der Waals surface area contributed by atoms with Crippen LogP contribution in [0.2, 0.25) is 0 Å². The molecular formula is C11H16BrN3. The zero-order valence-electron chi connectivity index (χ0n) is 8.99. The molecule has 1 aromatic heterocycles. The minimum atomic E-state index is 0.692. The number of nitrogens with zero attached hydrogens (tertiary/aromatic N) is 3. The summed E-state index contributed by atoms with van der Waals surface area (Å²) in [5.41, 5.74) is 0. The normalized spacial score (nSPS) is 16.1. The smallest absolute Gasteiger partial charge is 0.132 e. The maximum atomic E-state index is 4.49. The minimum Gasteiger partial charge on any atom is -0.353 e. The average Bonchev–Trinajstić information content (AvgIpc) is 2.14. The summed E-state index contributed by atoms with van der Waals surface area (Å²) in [5, 5.41) is 0.993. The summed E-state index contributed by atoms with van der Waals surface area (Å²) in [6.07, 6.45) is 5.80. The molecule has 3 nitrogen and oxygen atoms in total. The maximum Gasteiger partial charge on any atom is 0.132 e. The van der Waals surface area contributed by atoms with E-state index in [0.29, 0.717) is 6.04 Å². The molecule has 15 heavy (non-hydrogen) atoms. The number of hydrogen-bond acceptors (Lipinski definition) is 3. The van der Waals surface area contributed by atoms with Gasteiger partial charge in [-0.05, 0) is 32.3 Å². The van der Waals surface area contributed by atoms with E-state index in [-0.39, 0.29) is 0 Å². The Labute approximate surface area is 99.0 Å². The first-order valence-corrected chi connectivity index (χ1v) is 6.55. The molecule has 4 heteroatoms. The van der Waals surface area contributed by atoms with Gasteiger partial charge in [-0.2, -0.15) is 0 Å². The average molecular weight is 270 g/mol. The molecule has 0 amide bonds. The van der Waals surface area contributed by atoms with Crippen molar-refractivity contribution in [1.29, 1.82) is 0 Å². The molecule has 0 atom stereocenters. The molecule has 0 aliphatic heterocycles.